The molecular weight excluding hydrogens is 494 g/mol. The van der Waals surface area contributed by atoms with E-state index in [2.05, 4.69) is 35.6 Å². The number of rotatable bonds is 6. The van der Waals surface area contributed by atoms with Crippen LogP contribution in [0.4, 0.5) is 5.69 Å². The molecule has 0 fully saturated rings. The van der Waals surface area contributed by atoms with Gasteiger partial charge in [-0.05, 0) is 77.4 Å². The number of anilines is 1. The van der Waals surface area contributed by atoms with Crippen molar-refractivity contribution in [1.29, 1.82) is 0 Å². The summed E-state index contributed by atoms with van der Waals surface area (Å²) < 4.78 is 17.6. The van der Waals surface area contributed by atoms with Crippen molar-refractivity contribution in [2.75, 3.05) is 18.5 Å². The van der Waals surface area contributed by atoms with E-state index in [4.69, 9.17) is 31.5 Å². The Balaban J connectivity index is 1.24. The third kappa shape index (κ3) is 5.33. The van der Waals surface area contributed by atoms with Crippen LogP contribution in [0.2, 0.25) is 0 Å². The number of para-hydroxylation sites is 1. The van der Waals surface area contributed by atoms with Crippen LogP contribution in [-0.4, -0.2) is 29.0 Å². The Morgan fingerprint density at radius 3 is 2.34 bits per heavy atom. The van der Waals surface area contributed by atoms with Crippen LogP contribution < -0.4 is 19.5 Å². The molecule has 38 heavy (non-hydrogen) atoms. The van der Waals surface area contributed by atoms with Crippen LogP contribution >= 0.6 is 12.2 Å². The number of thiocarbonyl (C=S) groups is 1. The summed E-state index contributed by atoms with van der Waals surface area (Å²) in [5, 5.41) is 10.7. The average molecular weight is 522 g/mol. The average Bonchev–Trinajstić information content (AvgIpc) is 3.43. The number of hydrazone groups is 1. The van der Waals surface area contributed by atoms with Crippen molar-refractivity contribution in [2.24, 2.45) is 5.10 Å². The van der Waals surface area contributed by atoms with Gasteiger partial charge in [0, 0.05) is 12.1 Å². The fraction of sp³-hybridized carbons (Fsp3) is 0.161. The number of benzene rings is 4. The van der Waals surface area contributed by atoms with Crippen molar-refractivity contribution in [3.8, 4) is 17.2 Å². The first-order valence-corrected chi connectivity index (χ1v) is 13.0. The summed E-state index contributed by atoms with van der Waals surface area (Å²) in [6.07, 6.45) is 0.695. The SMILES string of the molecule is S=C(Nc1ccccc1)N1N=C(c2ccc(OCc3ccccc3)cc2)CC1c1ccc2c(c1)OCCO2. The van der Waals surface area contributed by atoms with E-state index >= 15 is 0 Å². The molecule has 2 aliphatic rings. The van der Waals surface area contributed by atoms with Gasteiger partial charge in [-0.15, -0.1) is 0 Å². The Bertz CT molecular complexity index is 1440. The van der Waals surface area contributed by atoms with E-state index in [1.807, 2.05) is 77.8 Å². The molecule has 0 spiro atoms. The Morgan fingerprint density at radius 1 is 0.868 bits per heavy atom. The van der Waals surface area contributed by atoms with Crippen LogP contribution in [0.3, 0.4) is 0 Å². The third-order valence-corrected chi connectivity index (χ3v) is 6.82. The van der Waals surface area contributed by atoms with E-state index in [-0.39, 0.29) is 6.04 Å². The molecule has 7 heteroatoms. The number of hydrogen-bond donors (Lipinski definition) is 1. The quantitative estimate of drug-likeness (QED) is 0.289. The molecule has 0 saturated carbocycles. The standard InChI is InChI=1S/C31H27N3O3S/c38-31(32-25-9-5-2-6-10-25)34-28(24-13-16-29-30(19-24)36-18-17-35-29)20-27(33-34)23-11-14-26(15-12-23)37-21-22-7-3-1-4-8-22/h1-16,19,28H,17-18,20-21H2,(H,32,38). The summed E-state index contributed by atoms with van der Waals surface area (Å²) in [6, 6.07) is 34.1. The molecule has 0 aromatic heterocycles. The molecule has 1 atom stereocenters. The van der Waals surface area contributed by atoms with Gasteiger partial charge < -0.3 is 19.5 Å². The number of nitrogens with one attached hydrogen (secondary N) is 1. The lowest BCUT2D eigenvalue weighted by molar-refractivity contribution is 0.171. The lowest BCUT2D eigenvalue weighted by Crippen LogP contribution is -2.31. The van der Waals surface area contributed by atoms with Crippen molar-refractivity contribution >= 4 is 28.7 Å². The number of fused-ring (bicyclic) bond motifs is 1. The Labute approximate surface area is 227 Å². The molecule has 1 N–H and O–H groups in total. The predicted octanol–water partition coefficient (Wildman–Crippen LogP) is 6.58. The molecule has 6 nitrogen and oxygen atoms in total. The highest BCUT2D eigenvalue weighted by Gasteiger charge is 2.32. The fourth-order valence-corrected chi connectivity index (χ4v) is 4.87. The summed E-state index contributed by atoms with van der Waals surface area (Å²) in [7, 11) is 0. The molecule has 0 amide bonds. The monoisotopic (exact) mass is 521 g/mol. The molecule has 0 radical (unpaired) electrons. The minimum Gasteiger partial charge on any atom is -0.489 e. The second kappa shape index (κ2) is 10.9. The fourth-order valence-electron chi connectivity index (χ4n) is 4.59. The number of hydrogen-bond acceptors (Lipinski definition) is 5. The van der Waals surface area contributed by atoms with Crippen molar-refractivity contribution in [2.45, 2.75) is 19.1 Å². The molecule has 0 aliphatic carbocycles. The zero-order chi connectivity index (χ0) is 25.7. The van der Waals surface area contributed by atoms with Crippen LogP contribution in [0, 0.1) is 0 Å². The molecule has 190 valence electrons. The molecule has 0 bridgehead atoms. The largest absolute Gasteiger partial charge is 0.489 e. The molecule has 2 heterocycles. The topological polar surface area (TPSA) is 55.3 Å². The van der Waals surface area contributed by atoms with Crippen molar-refractivity contribution in [3.63, 3.8) is 0 Å². The Hall–Kier alpha value is -4.36. The normalized spacial score (nSPS) is 16.1. The van der Waals surface area contributed by atoms with Gasteiger partial charge in [-0.2, -0.15) is 5.10 Å². The van der Waals surface area contributed by atoms with E-state index in [1.165, 1.54) is 0 Å². The van der Waals surface area contributed by atoms with Crippen LogP contribution in [0.5, 0.6) is 17.2 Å². The first-order chi connectivity index (χ1) is 18.7. The van der Waals surface area contributed by atoms with Crippen LogP contribution in [0.25, 0.3) is 0 Å². The molecule has 1 unspecified atom stereocenters. The maximum absolute atomic E-state index is 5.97. The van der Waals surface area contributed by atoms with Gasteiger partial charge in [0.2, 0.25) is 0 Å². The van der Waals surface area contributed by atoms with Gasteiger partial charge in [-0.1, -0.05) is 54.6 Å². The number of ether oxygens (including phenoxy) is 3. The maximum Gasteiger partial charge on any atom is 0.194 e. The Morgan fingerprint density at radius 2 is 1.58 bits per heavy atom. The highest BCUT2D eigenvalue weighted by molar-refractivity contribution is 7.80. The van der Waals surface area contributed by atoms with Gasteiger partial charge >= 0.3 is 0 Å². The highest BCUT2D eigenvalue weighted by atomic mass is 32.1. The van der Waals surface area contributed by atoms with Crippen molar-refractivity contribution in [3.05, 3.63) is 120 Å². The molecule has 6 rings (SSSR count). The molecular formula is C31H27N3O3S. The van der Waals surface area contributed by atoms with Crippen LogP contribution in [-0.2, 0) is 6.61 Å². The zero-order valence-electron chi connectivity index (χ0n) is 20.7. The second-order valence-electron chi connectivity index (χ2n) is 9.11. The van der Waals surface area contributed by atoms with Gasteiger partial charge in [0.1, 0.15) is 25.6 Å². The highest BCUT2D eigenvalue weighted by Crippen LogP contribution is 2.39. The predicted molar refractivity (Wildman–Crippen MR) is 153 cm³/mol. The van der Waals surface area contributed by atoms with Gasteiger partial charge in [0.25, 0.3) is 0 Å². The summed E-state index contributed by atoms with van der Waals surface area (Å²) >= 11 is 5.83. The summed E-state index contributed by atoms with van der Waals surface area (Å²) in [6.45, 7) is 1.63. The first-order valence-electron chi connectivity index (χ1n) is 12.6. The zero-order valence-corrected chi connectivity index (χ0v) is 21.6. The van der Waals surface area contributed by atoms with E-state index in [9.17, 15) is 0 Å². The van der Waals surface area contributed by atoms with E-state index in [0.29, 0.717) is 31.4 Å². The molecule has 4 aromatic carbocycles. The van der Waals surface area contributed by atoms with E-state index < -0.39 is 0 Å². The van der Waals surface area contributed by atoms with Crippen LogP contribution in [0.1, 0.15) is 29.2 Å². The lowest BCUT2D eigenvalue weighted by atomic mass is 9.98. The summed E-state index contributed by atoms with van der Waals surface area (Å²) in [5.74, 6) is 2.34. The summed E-state index contributed by atoms with van der Waals surface area (Å²) in [4.78, 5) is 0. The Kier molecular flexibility index (Phi) is 6.91. The van der Waals surface area contributed by atoms with E-state index in [1.54, 1.807) is 0 Å². The summed E-state index contributed by atoms with van der Waals surface area (Å²) in [5.41, 5.74) is 5.10. The number of nitrogens with zero attached hydrogens (tertiary/aromatic N) is 2. The minimum atomic E-state index is -0.0847. The molecule has 0 saturated heterocycles. The molecule has 4 aromatic rings. The first kappa shape index (κ1) is 24.0. The van der Waals surface area contributed by atoms with Gasteiger partial charge in [-0.25, -0.2) is 5.01 Å². The van der Waals surface area contributed by atoms with Crippen molar-refractivity contribution in [1.82, 2.24) is 5.01 Å². The van der Waals surface area contributed by atoms with Gasteiger partial charge in [-0.3, -0.25) is 0 Å². The molecule has 2 aliphatic heterocycles. The minimum absolute atomic E-state index is 0.0847. The van der Waals surface area contributed by atoms with E-state index in [0.717, 1.165) is 45.3 Å². The smallest absolute Gasteiger partial charge is 0.194 e. The lowest BCUT2D eigenvalue weighted by Gasteiger charge is -2.26. The van der Waals surface area contributed by atoms with Gasteiger partial charge in [0.15, 0.2) is 16.6 Å². The second-order valence-corrected chi connectivity index (χ2v) is 9.50. The van der Waals surface area contributed by atoms with Crippen LogP contribution in [0.15, 0.2) is 108 Å². The maximum atomic E-state index is 5.97. The van der Waals surface area contributed by atoms with Crippen molar-refractivity contribution < 1.29 is 14.2 Å². The van der Waals surface area contributed by atoms with Gasteiger partial charge in [0.05, 0.1) is 11.8 Å². The third-order valence-electron chi connectivity index (χ3n) is 6.53.